The van der Waals surface area contributed by atoms with E-state index in [9.17, 15) is 4.79 Å². The van der Waals surface area contributed by atoms with Gasteiger partial charge in [-0.25, -0.2) is 0 Å². The average molecular weight is 262 g/mol. The van der Waals surface area contributed by atoms with Gasteiger partial charge in [-0.05, 0) is 31.6 Å². The summed E-state index contributed by atoms with van der Waals surface area (Å²) in [5.74, 6) is 0.261. The molecule has 1 atom stereocenters. The van der Waals surface area contributed by atoms with Gasteiger partial charge in [0, 0.05) is 19.0 Å². The molecule has 1 unspecified atom stereocenters. The second-order valence-electron chi connectivity index (χ2n) is 5.46. The number of rotatable bonds is 7. The van der Waals surface area contributed by atoms with Crippen LogP contribution in [0.4, 0.5) is 0 Å². The summed E-state index contributed by atoms with van der Waals surface area (Å²) in [4.78, 5) is 13.9. The van der Waals surface area contributed by atoms with E-state index in [-0.39, 0.29) is 11.8 Å². The molecule has 0 spiro atoms. The summed E-state index contributed by atoms with van der Waals surface area (Å²) < 4.78 is 0. The molecular weight excluding hydrogens is 236 g/mol. The van der Waals surface area contributed by atoms with E-state index in [1.54, 1.807) is 0 Å². The Hall–Kier alpha value is -1.35. The Labute approximate surface area is 117 Å². The Morgan fingerprint density at radius 2 is 1.79 bits per heavy atom. The number of hydrogen-bond donors (Lipinski definition) is 1. The van der Waals surface area contributed by atoms with E-state index in [1.165, 1.54) is 5.56 Å². The third-order valence-electron chi connectivity index (χ3n) is 3.16. The van der Waals surface area contributed by atoms with E-state index in [4.69, 9.17) is 0 Å². The van der Waals surface area contributed by atoms with E-state index in [0.29, 0.717) is 6.54 Å². The molecule has 0 radical (unpaired) electrons. The van der Waals surface area contributed by atoms with Gasteiger partial charge in [0.05, 0.1) is 0 Å². The van der Waals surface area contributed by atoms with E-state index in [2.05, 4.69) is 55.5 Å². The van der Waals surface area contributed by atoms with Crippen LogP contribution in [0.5, 0.6) is 0 Å². The van der Waals surface area contributed by atoms with Gasteiger partial charge in [-0.15, -0.1) is 0 Å². The second-order valence-corrected chi connectivity index (χ2v) is 5.46. The summed E-state index contributed by atoms with van der Waals surface area (Å²) in [7, 11) is 4.12. The molecule has 1 aromatic rings. The molecule has 0 aromatic heterocycles. The average Bonchev–Trinajstić information content (AvgIpc) is 2.37. The van der Waals surface area contributed by atoms with Crippen LogP contribution in [0.2, 0.25) is 0 Å². The molecule has 0 bridgehead atoms. The van der Waals surface area contributed by atoms with Crippen molar-refractivity contribution in [3.8, 4) is 0 Å². The molecule has 0 fully saturated rings. The lowest BCUT2D eigenvalue weighted by Gasteiger charge is -2.12. The summed E-state index contributed by atoms with van der Waals surface area (Å²) in [6, 6.07) is 8.42. The van der Waals surface area contributed by atoms with Crippen molar-refractivity contribution in [1.29, 1.82) is 0 Å². The summed E-state index contributed by atoms with van der Waals surface area (Å²) in [5, 5.41) is 2.99. The lowest BCUT2D eigenvalue weighted by atomic mass is 10.1. The van der Waals surface area contributed by atoms with Crippen molar-refractivity contribution in [3.05, 3.63) is 35.4 Å². The maximum absolute atomic E-state index is 11.8. The van der Waals surface area contributed by atoms with Crippen LogP contribution < -0.4 is 5.32 Å². The molecule has 0 aliphatic carbocycles. The van der Waals surface area contributed by atoms with E-state index in [0.717, 1.165) is 24.9 Å². The van der Waals surface area contributed by atoms with Crippen LogP contribution in [-0.2, 0) is 17.9 Å². The third kappa shape index (κ3) is 5.88. The van der Waals surface area contributed by atoms with Gasteiger partial charge in [-0.3, -0.25) is 4.79 Å². The zero-order valence-electron chi connectivity index (χ0n) is 12.6. The van der Waals surface area contributed by atoms with Crippen LogP contribution in [0.25, 0.3) is 0 Å². The smallest absolute Gasteiger partial charge is 0.223 e. The minimum Gasteiger partial charge on any atom is -0.352 e. The highest BCUT2D eigenvalue weighted by Crippen LogP contribution is 2.08. The molecule has 106 valence electrons. The number of carbonyl (C=O) groups excluding carboxylic acids is 1. The molecule has 0 saturated heterocycles. The minimum absolute atomic E-state index is 0.109. The third-order valence-corrected chi connectivity index (χ3v) is 3.16. The highest BCUT2D eigenvalue weighted by Gasteiger charge is 2.10. The maximum atomic E-state index is 11.8. The molecule has 3 heteroatoms. The zero-order valence-corrected chi connectivity index (χ0v) is 12.6. The SMILES string of the molecule is CCCC(C)C(=O)NCc1ccc(CN(C)C)cc1. The predicted octanol–water partition coefficient (Wildman–Crippen LogP) is 2.80. The molecule has 1 N–H and O–H groups in total. The first-order chi connectivity index (χ1) is 9.02. The quantitative estimate of drug-likeness (QED) is 0.819. The maximum Gasteiger partial charge on any atom is 0.223 e. The van der Waals surface area contributed by atoms with Gasteiger partial charge in [0.2, 0.25) is 5.91 Å². The van der Waals surface area contributed by atoms with E-state index >= 15 is 0 Å². The van der Waals surface area contributed by atoms with Gasteiger partial charge in [0.25, 0.3) is 0 Å². The number of nitrogens with zero attached hydrogens (tertiary/aromatic N) is 1. The molecule has 0 heterocycles. The van der Waals surface area contributed by atoms with Gasteiger partial charge >= 0.3 is 0 Å². The second kappa shape index (κ2) is 7.95. The molecule has 0 aliphatic heterocycles. The Kier molecular flexibility index (Phi) is 6.57. The molecule has 0 aliphatic rings. The molecule has 1 amide bonds. The van der Waals surface area contributed by atoms with Crippen molar-refractivity contribution in [3.63, 3.8) is 0 Å². The van der Waals surface area contributed by atoms with Crippen LogP contribution in [0.3, 0.4) is 0 Å². The van der Waals surface area contributed by atoms with Crippen molar-refractivity contribution in [2.45, 2.75) is 39.8 Å². The van der Waals surface area contributed by atoms with Gasteiger partial charge in [0.15, 0.2) is 0 Å². The Morgan fingerprint density at radius 1 is 1.21 bits per heavy atom. The first kappa shape index (κ1) is 15.7. The lowest BCUT2D eigenvalue weighted by Crippen LogP contribution is -2.28. The van der Waals surface area contributed by atoms with Crippen molar-refractivity contribution in [2.24, 2.45) is 5.92 Å². The first-order valence-corrected chi connectivity index (χ1v) is 7.03. The summed E-state index contributed by atoms with van der Waals surface area (Å²) in [6.45, 7) is 5.65. The Balaban J connectivity index is 2.43. The van der Waals surface area contributed by atoms with Crippen molar-refractivity contribution in [2.75, 3.05) is 14.1 Å². The van der Waals surface area contributed by atoms with Crippen molar-refractivity contribution >= 4 is 5.91 Å². The van der Waals surface area contributed by atoms with Crippen LogP contribution in [0, 0.1) is 5.92 Å². The lowest BCUT2D eigenvalue weighted by molar-refractivity contribution is -0.124. The summed E-state index contributed by atoms with van der Waals surface area (Å²) >= 11 is 0. The molecule has 1 rings (SSSR count). The number of amides is 1. The van der Waals surface area contributed by atoms with Crippen LogP contribution in [0.1, 0.15) is 37.8 Å². The standard InChI is InChI=1S/C16H26N2O/c1-5-6-13(2)16(19)17-11-14-7-9-15(10-8-14)12-18(3)4/h7-10,13H,5-6,11-12H2,1-4H3,(H,17,19). The highest BCUT2D eigenvalue weighted by molar-refractivity contribution is 5.78. The Bertz CT molecular complexity index is 384. The predicted molar refractivity (Wildman–Crippen MR) is 79.8 cm³/mol. The highest BCUT2D eigenvalue weighted by atomic mass is 16.1. The van der Waals surface area contributed by atoms with Crippen molar-refractivity contribution < 1.29 is 4.79 Å². The zero-order chi connectivity index (χ0) is 14.3. The number of carbonyl (C=O) groups is 1. The van der Waals surface area contributed by atoms with E-state index in [1.807, 2.05) is 6.92 Å². The monoisotopic (exact) mass is 262 g/mol. The van der Waals surface area contributed by atoms with Crippen molar-refractivity contribution in [1.82, 2.24) is 10.2 Å². The number of nitrogens with one attached hydrogen (secondary N) is 1. The first-order valence-electron chi connectivity index (χ1n) is 7.03. The van der Waals surface area contributed by atoms with Crippen LogP contribution in [0.15, 0.2) is 24.3 Å². The molecule has 1 aromatic carbocycles. The summed E-state index contributed by atoms with van der Waals surface area (Å²) in [5.41, 5.74) is 2.44. The fourth-order valence-electron chi connectivity index (χ4n) is 2.06. The molecule has 0 saturated carbocycles. The Morgan fingerprint density at radius 3 is 2.32 bits per heavy atom. The fourth-order valence-corrected chi connectivity index (χ4v) is 2.06. The van der Waals surface area contributed by atoms with Gasteiger partial charge in [-0.1, -0.05) is 44.5 Å². The number of hydrogen-bond acceptors (Lipinski definition) is 2. The molecule has 3 nitrogen and oxygen atoms in total. The minimum atomic E-state index is 0.109. The normalized spacial score (nSPS) is 12.5. The van der Waals surface area contributed by atoms with Crippen LogP contribution in [-0.4, -0.2) is 24.9 Å². The van der Waals surface area contributed by atoms with Gasteiger partial charge in [0.1, 0.15) is 0 Å². The van der Waals surface area contributed by atoms with Crippen LogP contribution >= 0.6 is 0 Å². The molecular formula is C16H26N2O. The number of benzene rings is 1. The van der Waals surface area contributed by atoms with Gasteiger partial charge in [-0.2, -0.15) is 0 Å². The van der Waals surface area contributed by atoms with Gasteiger partial charge < -0.3 is 10.2 Å². The largest absolute Gasteiger partial charge is 0.352 e. The summed E-state index contributed by atoms with van der Waals surface area (Å²) in [6.07, 6.45) is 2.00. The molecule has 19 heavy (non-hydrogen) atoms. The fraction of sp³-hybridized carbons (Fsp3) is 0.562. The topological polar surface area (TPSA) is 32.3 Å². The van der Waals surface area contributed by atoms with E-state index < -0.39 is 0 Å².